The van der Waals surface area contributed by atoms with Crippen molar-refractivity contribution in [1.82, 2.24) is 4.72 Å². The number of nitrogens with one attached hydrogen (secondary N) is 1. The molecule has 2 aromatic carbocycles. The van der Waals surface area contributed by atoms with Gasteiger partial charge in [-0.05, 0) is 35.9 Å². The summed E-state index contributed by atoms with van der Waals surface area (Å²) in [5.74, 6) is -0.428. The molecule has 106 valence electrons. The molecule has 0 aliphatic rings. The number of hydrogen-bond acceptors (Lipinski definition) is 2. The van der Waals surface area contributed by atoms with Crippen molar-refractivity contribution in [3.05, 3.63) is 63.9 Å². The maximum Gasteiger partial charge on any atom is 0.242 e. The minimum absolute atomic E-state index is 0.0388. The zero-order valence-electron chi connectivity index (χ0n) is 10.1. The van der Waals surface area contributed by atoms with E-state index in [-0.39, 0.29) is 21.5 Å². The fraction of sp³-hybridized carbons (Fsp3) is 0.0769. The molecular weight excluding hydrogens is 324 g/mol. The van der Waals surface area contributed by atoms with E-state index < -0.39 is 15.8 Å². The van der Waals surface area contributed by atoms with Crippen LogP contribution in [0.3, 0.4) is 0 Å². The van der Waals surface area contributed by atoms with Gasteiger partial charge in [0, 0.05) is 11.6 Å². The zero-order chi connectivity index (χ0) is 14.8. The van der Waals surface area contributed by atoms with Gasteiger partial charge in [0.1, 0.15) is 10.7 Å². The highest BCUT2D eigenvalue weighted by molar-refractivity contribution is 7.89. The lowest BCUT2D eigenvalue weighted by atomic mass is 10.2. The van der Waals surface area contributed by atoms with E-state index in [1.807, 2.05) is 0 Å². The third-order valence-corrected chi connectivity index (χ3v) is 4.66. The fourth-order valence-electron chi connectivity index (χ4n) is 1.59. The highest BCUT2D eigenvalue weighted by Gasteiger charge is 2.18. The Balaban J connectivity index is 2.21. The van der Waals surface area contributed by atoms with Crippen LogP contribution in [0.25, 0.3) is 0 Å². The van der Waals surface area contributed by atoms with Crippen LogP contribution in [0, 0.1) is 5.82 Å². The molecule has 0 amide bonds. The van der Waals surface area contributed by atoms with E-state index in [1.165, 1.54) is 36.4 Å². The minimum Gasteiger partial charge on any atom is -0.207 e. The molecule has 0 aromatic heterocycles. The molecule has 0 bridgehead atoms. The molecule has 0 fully saturated rings. The molecule has 20 heavy (non-hydrogen) atoms. The lowest BCUT2D eigenvalue weighted by molar-refractivity contribution is 0.580. The van der Waals surface area contributed by atoms with Crippen molar-refractivity contribution in [3.63, 3.8) is 0 Å². The summed E-state index contributed by atoms with van der Waals surface area (Å²) in [5, 5.41) is 0.335. The Kier molecular flexibility index (Phi) is 4.65. The van der Waals surface area contributed by atoms with Gasteiger partial charge in [-0.2, -0.15) is 0 Å². The van der Waals surface area contributed by atoms with Crippen LogP contribution in [0.5, 0.6) is 0 Å². The van der Waals surface area contributed by atoms with Crippen molar-refractivity contribution in [3.8, 4) is 0 Å². The van der Waals surface area contributed by atoms with Crippen LogP contribution in [-0.2, 0) is 16.6 Å². The van der Waals surface area contributed by atoms with Gasteiger partial charge in [0.05, 0.1) is 5.02 Å². The molecule has 0 radical (unpaired) electrons. The van der Waals surface area contributed by atoms with E-state index in [9.17, 15) is 12.8 Å². The van der Waals surface area contributed by atoms with Crippen molar-refractivity contribution < 1.29 is 12.8 Å². The predicted molar refractivity (Wildman–Crippen MR) is 76.9 cm³/mol. The largest absolute Gasteiger partial charge is 0.242 e. The molecule has 0 unspecified atom stereocenters. The Bertz CT molecular complexity index is 735. The molecular formula is C13H10Cl2FNO2S. The number of halogens is 3. The van der Waals surface area contributed by atoms with Gasteiger partial charge in [0.2, 0.25) is 10.0 Å². The molecule has 0 heterocycles. The monoisotopic (exact) mass is 333 g/mol. The third-order valence-electron chi connectivity index (χ3n) is 2.54. The number of rotatable bonds is 4. The van der Waals surface area contributed by atoms with Crippen LogP contribution >= 0.6 is 23.2 Å². The van der Waals surface area contributed by atoms with Crippen LogP contribution in [-0.4, -0.2) is 8.42 Å². The summed E-state index contributed by atoms with van der Waals surface area (Å²) >= 11 is 11.6. The van der Waals surface area contributed by atoms with Gasteiger partial charge in [-0.15, -0.1) is 0 Å². The summed E-state index contributed by atoms with van der Waals surface area (Å²) in [6.45, 7) is -0.0388. The van der Waals surface area contributed by atoms with Crippen LogP contribution < -0.4 is 4.72 Å². The van der Waals surface area contributed by atoms with Crippen LogP contribution in [0.2, 0.25) is 10.0 Å². The maximum atomic E-state index is 13.0. The molecule has 2 aromatic rings. The Morgan fingerprint density at radius 1 is 1.10 bits per heavy atom. The fourth-order valence-corrected chi connectivity index (χ4v) is 3.36. The summed E-state index contributed by atoms with van der Waals surface area (Å²) in [6, 6.07) is 9.82. The summed E-state index contributed by atoms with van der Waals surface area (Å²) in [6.07, 6.45) is 0. The Morgan fingerprint density at radius 2 is 1.85 bits per heavy atom. The second-order valence-corrected chi connectivity index (χ2v) is 6.61. The lowest BCUT2D eigenvalue weighted by Crippen LogP contribution is -2.23. The molecule has 0 atom stereocenters. The van der Waals surface area contributed by atoms with Crippen molar-refractivity contribution in [2.45, 2.75) is 11.4 Å². The van der Waals surface area contributed by atoms with E-state index in [1.54, 1.807) is 6.07 Å². The molecule has 1 N–H and O–H groups in total. The molecule has 0 spiro atoms. The van der Waals surface area contributed by atoms with Gasteiger partial charge in [0.15, 0.2) is 0 Å². The van der Waals surface area contributed by atoms with E-state index in [4.69, 9.17) is 23.2 Å². The Hall–Kier alpha value is -1.14. The second kappa shape index (κ2) is 6.10. The average molecular weight is 334 g/mol. The highest BCUT2D eigenvalue weighted by Crippen LogP contribution is 2.24. The highest BCUT2D eigenvalue weighted by atomic mass is 35.5. The SMILES string of the molecule is O=S(=O)(NCc1cccc(F)c1)c1cc(Cl)ccc1Cl. The van der Waals surface area contributed by atoms with Gasteiger partial charge >= 0.3 is 0 Å². The minimum atomic E-state index is -3.81. The molecule has 0 aliphatic heterocycles. The molecule has 3 nitrogen and oxygen atoms in total. The summed E-state index contributed by atoms with van der Waals surface area (Å²) in [7, 11) is -3.81. The van der Waals surface area contributed by atoms with Crippen LogP contribution in [0.4, 0.5) is 4.39 Å². The first kappa shape index (κ1) is 15.3. The topological polar surface area (TPSA) is 46.2 Å². The molecule has 0 saturated heterocycles. The second-order valence-electron chi connectivity index (χ2n) is 4.03. The predicted octanol–water partition coefficient (Wildman–Crippen LogP) is 3.61. The quantitative estimate of drug-likeness (QED) is 0.928. The lowest BCUT2D eigenvalue weighted by Gasteiger charge is -2.09. The Morgan fingerprint density at radius 3 is 2.55 bits per heavy atom. The van der Waals surface area contributed by atoms with Crippen LogP contribution in [0.15, 0.2) is 47.4 Å². The average Bonchev–Trinajstić information content (AvgIpc) is 2.39. The normalized spacial score (nSPS) is 11.6. The van der Waals surface area contributed by atoms with Gasteiger partial charge in [-0.3, -0.25) is 0 Å². The van der Waals surface area contributed by atoms with E-state index in [0.29, 0.717) is 5.56 Å². The summed E-state index contributed by atoms with van der Waals surface area (Å²) in [4.78, 5) is -0.108. The maximum absolute atomic E-state index is 13.0. The van der Waals surface area contributed by atoms with Gasteiger partial charge in [0.25, 0.3) is 0 Å². The van der Waals surface area contributed by atoms with Crippen molar-refractivity contribution in [1.29, 1.82) is 0 Å². The standard InChI is InChI=1S/C13H10Cl2FNO2S/c14-10-4-5-12(15)13(7-10)20(18,19)17-8-9-2-1-3-11(16)6-9/h1-7,17H,8H2. The summed E-state index contributed by atoms with van der Waals surface area (Å²) in [5.41, 5.74) is 0.506. The van der Waals surface area contributed by atoms with Gasteiger partial charge in [-0.25, -0.2) is 17.5 Å². The molecule has 7 heteroatoms. The van der Waals surface area contributed by atoms with Gasteiger partial charge < -0.3 is 0 Å². The number of hydrogen-bond donors (Lipinski definition) is 1. The zero-order valence-corrected chi connectivity index (χ0v) is 12.4. The molecule has 0 saturated carbocycles. The van der Waals surface area contributed by atoms with Gasteiger partial charge in [-0.1, -0.05) is 35.3 Å². The van der Waals surface area contributed by atoms with E-state index >= 15 is 0 Å². The first-order valence-electron chi connectivity index (χ1n) is 5.58. The Labute approximate surface area is 126 Å². The molecule has 0 aliphatic carbocycles. The van der Waals surface area contributed by atoms with E-state index in [0.717, 1.165) is 0 Å². The first-order chi connectivity index (χ1) is 9.38. The first-order valence-corrected chi connectivity index (χ1v) is 7.81. The van der Waals surface area contributed by atoms with Crippen molar-refractivity contribution in [2.24, 2.45) is 0 Å². The third kappa shape index (κ3) is 3.70. The van der Waals surface area contributed by atoms with Crippen LogP contribution in [0.1, 0.15) is 5.56 Å². The number of sulfonamides is 1. The summed E-state index contributed by atoms with van der Waals surface area (Å²) < 4.78 is 39.6. The molecule has 2 rings (SSSR count). The van der Waals surface area contributed by atoms with E-state index in [2.05, 4.69) is 4.72 Å². The van der Waals surface area contributed by atoms with Crippen molar-refractivity contribution in [2.75, 3.05) is 0 Å². The number of benzene rings is 2. The van der Waals surface area contributed by atoms with Crippen molar-refractivity contribution >= 4 is 33.2 Å². The smallest absolute Gasteiger partial charge is 0.207 e.